The summed E-state index contributed by atoms with van der Waals surface area (Å²) in [5.41, 5.74) is 0.521. The quantitative estimate of drug-likeness (QED) is 0.508. The Hall–Kier alpha value is -2.47. The first kappa shape index (κ1) is 13.0. The highest BCUT2D eigenvalue weighted by molar-refractivity contribution is 7.13. The molecule has 0 radical (unpaired) electrons. The lowest BCUT2D eigenvalue weighted by molar-refractivity contribution is -0.140. The van der Waals surface area contributed by atoms with Gasteiger partial charge in [0.15, 0.2) is 0 Å². The van der Waals surface area contributed by atoms with Crippen LogP contribution in [0.25, 0.3) is 16.6 Å². The fourth-order valence-corrected chi connectivity index (χ4v) is 2.21. The van der Waals surface area contributed by atoms with Gasteiger partial charge in [-0.1, -0.05) is 30.3 Å². The Balaban J connectivity index is 2.34. The first-order valence-electron chi connectivity index (χ1n) is 5.27. The van der Waals surface area contributed by atoms with Gasteiger partial charge in [-0.3, -0.25) is 0 Å². The molecule has 0 unspecified atom stereocenters. The molecule has 0 saturated heterocycles. The second-order valence-corrected chi connectivity index (χ2v) is 4.47. The molecule has 0 aliphatic heterocycles. The van der Waals surface area contributed by atoms with Crippen molar-refractivity contribution in [2.45, 2.75) is 0 Å². The number of hydrogen-bond acceptors (Lipinski definition) is 4. The van der Waals surface area contributed by atoms with Crippen molar-refractivity contribution in [3.8, 4) is 10.6 Å². The van der Waals surface area contributed by atoms with Crippen LogP contribution in [0.2, 0.25) is 0 Å². The number of nitrogens with zero attached hydrogens (tertiary/aromatic N) is 1. The van der Waals surface area contributed by atoms with E-state index in [1.165, 1.54) is 11.3 Å². The van der Waals surface area contributed by atoms with E-state index in [0.717, 1.165) is 11.6 Å². The van der Waals surface area contributed by atoms with Crippen LogP contribution in [0.3, 0.4) is 0 Å². The van der Waals surface area contributed by atoms with Gasteiger partial charge >= 0.3 is 11.9 Å². The summed E-state index contributed by atoms with van der Waals surface area (Å²) in [4.78, 5) is 25.7. The van der Waals surface area contributed by atoms with E-state index in [2.05, 4.69) is 4.98 Å². The average molecular weight is 275 g/mol. The predicted octanol–water partition coefficient (Wildman–Crippen LogP) is 2.36. The molecule has 96 valence electrons. The van der Waals surface area contributed by atoms with E-state index in [-0.39, 0.29) is 0 Å². The molecule has 0 spiro atoms. The van der Waals surface area contributed by atoms with E-state index in [9.17, 15) is 9.59 Å². The standard InChI is InChI=1S/C13H9NO4S/c15-12(16)10(13(17)18)6-9-7-19-11(14-9)8-4-2-1-3-5-8/h1-7H,(H,15,16)(H,17,18). The number of aromatic nitrogens is 1. The molecule has 0 amide bonds. The van der Waals surface area contributed by atoms with Crippen molar-refractivity contribution in [1.29, 1.82) is 0 Å². The van der Waals surface area contributed by atoms with E-state index in [4.69, 9.17) is 10.2 Å². The van der Waals surface area contributed by atoms with Crippen LogP contribution in [-0.4, -0.2) is 27.1 Å². The first-order chi connectivity index (χ1) is 9.08. The van der Waals surface area contributed by atoms with E-state index < -0.39 is 17.5 Å². The molecule has 0 bridgehead atoms. The number of carbonyl (C=O) groups is 2. The number of aliphatic carboxylic acids is 2. The summed E-state index contributed by atoms with van der Waals surface area (Å²) in [7, 11) is 0. The van der Waals surface area contributed by atoms with Crippen LogP contribution in [0.5, 0.6) is 0 Å². The number of rotatable bonds is 4. The fourth-order valence-electron chi connectivity index (χ4n) is 1.43. The van der Waals surface area contributed by atoms with Crippen molar-refractivity contribution in [2.75, 3.05) is 0 Å². The van der Waals surface area contributed by atoms with Gasteiger partial charge < -0.3 is 10.2 Å². The summed E-state index contributed by atoms with van der Waals surface area (Å²) in [5, 5.41) is 19.8. The molecule has 19 heavy (non-hydrogen) atoms. The van der Waals surface area contributed by atoms with Gasteiger partial charge in [-0.05, 0) is 6.08 Å². The molecule has 2 rings (SSSR count). The molecule has 0 saturated carbocycles. The maximum absolute atomic E-state index is 10.7. The van der Waals surface area contributed by atoms with Crippen LogP contribution >= 0.6 is 11.3 Å². The largest absolute Gasteiger partial charge is 0.477 e. The van der Waals surface area contributed by atoms with Crippen molar-refractivity contribution in [1.82, 2.24) is 4.98 Å². The van der Waals surface area contributed by atoms with Gasteiger partial charge in [0, 0.05) is 10.9 Å². The van der Waals surface area contributed by atoms with Crippen molar-refractivity contribution >= 4 is 29.4 Å². The minimum atomic E-state index is -1.48. The molecule has 1 heterocycles. The highest BCUT2D eigenvalue weighted by Gasteiger charge is 2.16. The van der Waals surface area contributed by atoms with Crippen molar-refractivity contribution in [3.63, 3.8) is 0 Å². The Kier molecular flexibility index (Phi) is 3.72. The highest BCUT2D eigenvalue weighted by Crippen LogP contribution is 2.24. The summed E-state index contributed by atoms with van der Waals surface area (Å²) in [6.07, 6.45) is 1.05. The Morgan fingerprint density at radius 2 is 1.74 bits per heavy atom. The van der Waals surface area contributed by atoms with E-state index in [0.29, 0.717) is 10.7 Å². The SMILES string of the molecule is O=C(O)C(=Cc1csc(-c2ccccc2)n1)C(=O)O. The highest BCUT2D eigenvalue weighted by atomic mass is 32.1. The smallest absolute Gasteiger partial charge is 0.343 e. The Labute approximate surface area is 112 Å². The third-order valence-electron chi connectivity index (χ3n) is 2.30. The average Bonchev–Trinajstić information content (AvgIpc) is 2.85. The van der Waals surface area contributed by atoms with E-state index >= 15 is 0 Å². The van der Waals surface area contributed by atoms with Crippen molar-refractivity contribution < 1.29 is 19.8 Å². The second kappa shape index (κ2) is 5.45. The predicted molar refractivity (Wildman–Crippen MR) is 70.8 cm³/mol. The summed E-state index contributed by atoms with van der Waals surface area (Å²) >= 11 is 1.33. The summed E-state index contributed by atoms with van der Waals surface area (Å²) in [6.45, 7) is 0. The third-order valence-corrected chi connectivity index (χ3v) is 3.21. The Morgan fingerprint density at radius 1 is 1.11 bits per heavy atom. The summed E-state index contributed by atoms with van der Waals surface area (Å²) in [6, 6.07) is 9.37. The van der Waals surface area contributed by atoms with Gasteiger partial charge in [-0.25, -0.2) is 14.6 Å². The Bertz CT molecular complexity index is 630. The van der Waals surface area contributed by atoms with Gasteiger partial charge in [0.2, 0.25) is 0 Å². The molecule has 5 nitrogen and oxygen atoms in total. The molecule has 2 N–H and O–H groups in total. The third kappa shape index (κ3) is 3.05. The maximum atomic E-state index is 10.7. The van der Waals surface area contributed by atoms with Gasteiger partial charge in [-0.2, -0.15) is 0 Å². The molecular formula is C13H9NO4S. The lowest BCUT2D eigenvalue weighted by Crippen LogP contribution is -2.10. The first-order valence-corrected chi connectivity index (χ1v) is 6.15. The number of thiazole rings is 1. The van der Waals surface area contributed by atoms with Gasteiger partial charge in [0.1, 0.15) is 10.6 Å². The molecule has 1 aromatic carbocycles. The van der Waals surface area contributed by atoms with Crippen LogP contribution in [0.4, 0.5) is 0 Å². The van der Waals surface area contributed by atoms with E-state index in [1.807, 2.05) is 30.3 Å². The number of carboxylic acids is 2. The molecule has 0 fully saturated rings. The normalized spacial score (nSPS) is 9.89. The van der Waals surface area contributed by atoms with Crippen LogP contribution < -0.4 is 0 Å². The minimum absolute atomic E-state index is 0.323. The molecule has 1 aromatic heterocycles. The molecule has 2 aromatic rings. The van der Waals surface area contributed by atoms with Crippen molar-refractivity contribution in [2.24, 2.45) is 0 Å². The summed E-state index contributed by atoms with van der Waals surface area (Å²) < 4.78 is 0. The molecule has 6 heteroatoms. The molecular weight excluding hydrogens is 266 g/mol. The van der Waals surface area contributed by atoms with Gasteiger partial charge in [0.25, 0.3) is 0 Å². The van der Waals surface area contributed by atoms with Crippen LogP contribution in [0.1, 0.15) is 5.69 Å². The van der Waals surface area contributed by atoms with Crippen LogP contribution in [-0.2, 0) is 9.59 Å². The minimum Gasteiger partial charge on any atom is -0.477 e. The zero-order chi connectivity index (χ0) is 13.8. The van der Waals surface area contributed by atoms with Crippen molar-refractivity contribution in [3.05, 3.63) is 47.0 Å². The van der Waals surface area contributed by atoms with Crippen LogP contribution in [0.15, 0.2) is 41.3 Å². The molecule has 0 aliphatic carbocycles. The maximum Gasteiger partial charge on any atom is 0.343 e. The topological polar surface area (TPSA) is 87.5 Å². The fraction of sp³-hybridized carbons (Fsp3) is 0. The van der Waals surface area contributed by atoms with Gasteiger partial charge in [-0.15, -0.1) is 11.3 Å². The number of benzene rings is 1. The second-order valence-electron chi connectivity index (χ2n) is 3.61. The summed E-state index contributed by atoms with van der Waals surface area (Å²) in [5.74, 6) is -2.97. The van der Waals surface area contributed by atoms with Crippen LogP contribution in [0, 0.1) is 0 Å². The lowest BCUT2D eigenvalue weighted by Gasteiger charge is -1.94. The number of carboxylic acid groups (broad SMARTS) is 2. The monoisotopic (exact) mass is 275 g/mol. The zero-order valence-corrected chi connectivity index (χ0v) is 10.4. The molecule has 0 aliphatic rings. The van der Waals surface area contributed by atoms with E-state index in [1.54, 1.807) is 5.38 Å². The number of hydrogen-bond donors (Lipinski definition) is 2. The molecule has 0 atom stereocenters. The van der Waals surface area contributed by atoms with Gasteiger partial charge in [0.05, 0.1) is 5.69 Å². The Morgan fingerprint density at radius 3 is 2.32 bits per heavy atom. The lowest BCUT2D eigenvalue weighted by atomic mass is 10.2. The zero-order valence-electron chi connectivity index (χ0n) is 9.61.